The number of rotatable bonds is 4. The van der Waals surface area contributed by atoms with Gasteiger partial charge in [-0.15, -0.1) is 0 Å². The molecule has 0 saturated heterocycles. The number of ether oxygens (including phenoxy) is 1. The van der Waals surface area contributed by atoms with E-state index in [2.05, 4.69) is 22.2 Å². The summed E-state index contributed by atoms with van der Waals surface area (Å²) in [6.45, 7) is 1.81. The molecule has 1 aromatic heterocycles. The minimum Gasteiger partial charge on any atom is -0.496 e. The van der Waals surface area contributed by atoms with Gasteiger partial charge in [-0.3, -0.25) is 4.79 Å². The van der Waals surface area contributed by atoms with E-state index in [9.17, 15) is 4.79 Å². The first-order chi connectivity index (χ1) is 11.1. The first-order valence-corrected chi connectivity index (χ1v) is 8.12. The van der Waals surface area contributed by atoms with Crippen LogP contribution in [0.4, 0.5) is 0 Å². The lowest BCUT2D eigenvalue weighted by atomic mass is 10.1. The van der Waals surface area contributed by atoms with Gasteiger partial charge in [0, 0.05) is 30.6 Å². The van der Waals surface area contributed by atoms with Gasteiger partial charge in [-0.25, -0.2) is 4.98 Å². The fourth-order valence-corrected chi connectivity index (χ4v) is 2.90. The van der Waals surface area contributed by atoms with Gasteiger partial charge in [0.25, 0.3) is 0 Å². The molecular weight excluding hydrogens is 312 g/mol. The van der Waals surface area contributed by atoms with Gasteiger partial charge in [-0.05, 0) is 12.1 Å². The number of hydrogen-bond acceptors (Lipinski definition) is 5. The SMILES string of the molecule is COc1ccccc1-c1cn2c(n1)CN(C(=O)[C@@H](N)CS)CC2. The minimum absolute atomic E-state index is 0.0758. The Kier molecular flexibility index (Phi) is 4.58. The molecule has 3 rings (SSSR count). The van der Waals surface area contributed by atoms with Gasteiger partial charge in [0.05, 0.1) is 25.4 Å². The second kappa shape index (κ2) is 6.64. The third-order valence-corrected chi connectivity index (χ3v) is 4.40. The lowest BCUT2D eigenvalue weighted by molar-refractivity contribution is -0.133. The van der Waals surface area contributed by atoms with Crippen LogP contribution < -0.4 is 10.5 Å². The third-order valence-electron chi connectivity index (χ3n) is 4.01. The fourth-order valence-electron chi connectivity index (χ4n) is 2.74. The van der Waals surface area contributed by atoms with Crippen LogP contribution >= 0.6 is 12.6 Å². The Hall–Kier alpha value is -1.99. The van der Waals surface area contributed by atoms with Crippen molar-refractivity contribution in [3.63, 3.8) is 0 Å². The van der Waals surface area contributed by atoms with Crippen LogP contribution in [0, 0.1) is 0 Å². The molecule has 2 heterocycles. The van der Waals surface area contributed by atoms with Crippen molar-refractivity contribution in [2.24, 2.45) is 5.73 Å². The van der Waals surface area contributed by atoms with Crippen LogP contribution in [0.3, 0.4) is 0 Å². The number of hydrogen-bond donors (Lipinski definition) is 2. The summed E-state index contributed by atoms with van der Waals surface area (Å²) < 4.78 is 7.48. The van der Waals surface area contributed by atoms with Gasteiger partial charge in [-0.2, -0.15) is 12.6 Å². The van der Waals surface area contributed by atoms with Gasteiger partial charge in [0.15, 0.2) is 0 Å². The third kappa shape index (κ3) is 3.07. The Morgan fingerprint density at radius 2 is 2.22 bits per heavy atom. The molecule has 0 bridgehead atoms. The first-order valence-electron chi connectivity index (χ1n) is 7.48. The summed E-state index contributed by atoms with van der Waals surface area (Å²) in [4.78, 5) is 18.6. The molecule has 0 spiro atoms. The van der Waals surface area contributed by atoms with Gasteiger partial charge in [0.2, 0.25) is 5.91 Å². The number of aromatic nitrogens is 2. The highest BCUT2D eigenvalue weighted by molar-refractivity contribution is 7.80. The number of amides is 1. The summed E-state index contributed by atoms with van der Waals surface area (Å²) in [6.07, 6.45) is 2.01. The summed E-state index contributed by atoms with van der Waals surface area (Å²) in [5, 5.41) is 0. The Labute approximate surface area is 140 Å². The lowest BCUT2D eigenvalue weighted by Gasteiger charge is -2.29. The van der Waals surface area contributed by atoms with Crippen molar-refractivity contribution in [2.75, 3.05) is 19.4 Å². The Balaban J connectivity index is 1.86. The molecule has 1 amide bonds. The Morgan fingerprint density at radius 3 is 2.96 bits per heavy atom. The lowest BCUT2D eigenvalue weighted by Crippen LogP contribution is -2.47. The molecule has 1 aromatic carbocycles. The number of para-hydroxylation sites is 1. The highest BCUT2D eigenvalue weighted by Gasteiger charge is 2.26. The Bertz CT molecular complexity index is 716. The number of nitrogens with two attached hydrogens (primary N) is 1. The van der Waals surface area contributed by atoms with Crippen molar-refractivity contribution in [1.29, 1.82) is 0 Å². The molecule has 23 heavy (non-hydrogen) atoms. The summed E-state index contributed by atoms with van der Waals surface area (Å²) in [7, 11) is 1.65. The number of fused-ring (bicyclic) bond motifs is 1. The van der Waals surface area contributed by atoms with Crippen molar-refractivity contribution < 1.29 is 9.53 Å². The van der Waals surface area contributed by atoms with E-state index in [-0.39, 0.29) is 5.91 Å². The molecule has 6 nitrogen and oxygen atoms in total. The average molecular weight is 332 g/mol. The molecule has 7 heteroatoms. The zero-order valence-corrected chi connectivity index (χ0v) is 13.9. The van der Waals surface area contributed by atoms with Crippen LogP contribution in [0.5, 0.6) is 5.75 Å². The molecule has 0 radical (unpaired) electrons. The predicted octanol–water partition coefficient (Wildman–Crippen LogP) is 1.16. The normalized spacial score (nSPS) is 15.2. The first kappa shape index (κ1) is 15.9. The fraction of sp³-hybridized carbons (Fsp3) is 0.375. The van der Waals surface area contributed by atoms with E-state index in [4.69, 9.17) is 10.5 Å². The maximum absolute atomic E-state index is 12.2. The summed E-state index contributed by atoms with van der Waals surface area (Å²) in [6, 6.07) is 7.21. The van der Waals surface area contributed by atoms with E-state index < -0.39 is 6.04 Å². The molecule has 1 atom stereocenters. The van der Waals surface area contributed by atoms with Crippen molar-refractivity contribution in [3.05, 3.63) is 36.3 Å². The maximum atomic E-state index is 12.2. The van der Waals surface area contributed by atoms with Crippen LogP contribution in [-0.2, 0) is 17.9 Å². The second-order valence-corrected chi connectivity index (χ2v) is 5.85. The zero-order chi connectivity index (χ0) is 16.4. The van der Waals surface area contributed by atoms with Crippen molar-refractivity contribution in [1.82, 2.24) is 14.5 Å². The van der Waals surface area contributed by atoms with E-state index in [0.29, 0.717) is 25.4 Å². The van der Waals surface area contributed by atoms with E-state index in [1.807, 2.05) is 30.5 Å². The van der Waals surface area contributed by atoms with Crippen LogP contribution in [0.25, 0.3) is 11.3 Å². The number of carbonyl (C=O) groups excluding carboxylic acids is 1. The number of benzene rings is 1. The minimum atomic E-state index is -0.562. The molecule has 1 aliphatic heterocycles. The highest BCUT2D eigenvalue weighted by atomic mass is 32.1. The number of thiol groups is 1. The molecule has 0 unspecified atom stereocenters. The number of methoxy groups -OCH3 is 1. The Morgan fingerprint density at radius 1 is 1.43 bits per heavy atom. The largest absolute Gasteiger partial charge is 0.496 e. The van der Waals surface area contributed by atoms with Crippen LogP contribution in [0.2, 0.25) is 0 Å². The topological polar surface area (TPSA) is 73.4 Å². The van der Waals surface area contributed by atoms with Gasteiger partial charge in [-0.1, -0.05) is 12.1 Å². The monoisotopic (exact) mass is 332 g/mol. The molecule has 122 valence electrons. The average Bonchev–Trinajstić information content (AvgIpc) is 3.03. The van der Waals surface area contributed by atoms with E-state index in [0.717, 1.165) is 22.8 Å². The van der Waals surface area contributed by atoms with E-state index in [1.165, 1.54) is 0 Å². The number of nitrogens with zero attached hydrogens (tertiary/aromatic N) is 3. The summed E-state index contributed by atoms with van der Waals surface area (Å²) in [5.74, 6) is 1.91. The van der Waals surface area contributed by atoms with Crippen LogP contribution in [-0.4, -0.2) is 45.8 Å². The second-order valence-electron chi connectivity index (χ2n) is 5.48. The molecule has 2 N–H and O–H groups in total. The highest BCUT2D eigenvalue weighted by Crippen LogP contribution is 2.29. The quantitative estimate of drug-likeness (QED) is 0.824. The maximum Gasteiger partial charge on any atom is 0.240 e. The number of carbonyl (C=O) groups is 1. The standard InChI is InChI=1S/C16H20N4O2S/c1-22-14-5-3-2-4-11(14)13-8-19-6-7-20(9-15(19)18-13)16(21)12(17)10-23/h2-5,8,12,23H,6-7,9-10,17H2,1H3/t12-/m0/s1. The van der Waals surface area contributed by atoms with Crippen LogP contribution in [0.15, 0.2) is 30.5 Å². The number of imidazole rings is 1. The summed E-state index contributed by atoms with van der Waals surface area (Å²) in [5.41, 5.74) is 7.59. The molecule has 1 aliphatic rings. The molecule has 0 fully saturated rings. The van der Waals surface area contributed by atoms with Crippen molar-refractivity contribution in [3.8, 4) is 17.0 Å². The van der Waals surface area contributed by atoms with E-state index >= 15 is 0 Å². The van der Waals surface area contributed by atoms with Crippen LogP contribution in [0.1, 0.15) is 5.82 Å². The van der Waals surface area contributed by atoms with Crippen molar-refractivity contribution in [2.45, 2.75) is 19.1 Å². The smallest absolute Gasteiger partial charge is 0.240 e. The molecule has 0 saturated carbocycles. The molecule has 0 aliphatic carbocycles. The van der Waals surface area contributed by atoms with Gasteiger partial charge >= 0.3 is 0 Å². The molecular formula is C16H20N4O2S. The van der Waals surface area contributed by atoms with Gasteiger partial charge in [0.1, 0.15) is 11.6 Å². The zero-order valence-electron chi connectivity index (χ0n) is 13.0. The summed E-state index contributed by atoms with van der Waals surface area (Å²) >= 11 is 4.10. The van der Waals surface area contributed by atoms with E-state index in [1.54, 1.807) is 12.0 Å². The predicted molar refractivity (Wildman–Crippen MR) is 91.5 cm³/mol. The van der Waals surface area contributed by atoms with Crippen molar-refractivity contribution >= 4 is 18.5 Å². The van der Waals surface area contributed by atoms with Gasteiger partial charge < -0.3 is 19.9 Å². The molecule has 2 aromatic rings.